The molecule has 4 heterocycles. The van der Waals surface area contributed by atoms with Crippen molar-refractivity contribution >= 4 is 27.6 Å². The van der Waals surface area contributed by atoms with E-state index in [0.717, 1.165) is 52.8 Å². The van der Waals surface area contributed by atoms with Crippen LogP contribution < -0.4 is 10.1 Å². The Bertz CT molecular complexity index is 1530. The van der Waals surface area contributed by atoms with Crippen molar-refractivity contribution in [1.29, 1.82) is 0 Å². The summed E-state index contributed by atoms with van der Waals surface area (Å²) in [5.74, 6) is 0.704. The van der Waals surface area contributed by atoms with E-state index in [1.54, 1.807) is 6.07 Å². The molecule has 0 radical (unpaired) electrons. The lowest BCUT2D eigenvalue weighted by atomic mass is 10.0. The average molecular weight is 440 g/mol. The highest BCUT2D eigenvalue weighted by Crippen LogP contribution is 2.33. The number of methoxy groups -OCH3 is 1. The average Bonchev–Trinajstić information content (AvgIpc) is 3.47. The molecule has 0 atom stereocenters. The molecule has 0 aliphatic carbocycles. The Labute approximate surface area is 188 Å². The lowest BCUT2D eigenvalue weighted by molar-refractivity contribution is 0.411. The quantitative estimate of drug-likeness (QED) is 0.377. The molecule has 0 bridgehead atoms. The van der Waals surface area contributed by atoms with Gasteiger partial charge in [-0.25, -0.2) is 14.4 Å². The standard InChI is InChI=1S/C25H21FN6O/c1-33-17-12-15(11-16(26)13-17)18-3-2-4-20-22(18)30-25(29-20)24-23-21(31-32-24)6-5-19(28-23)14-7-9-27-10-8-14/h2-7,11-13,27H,8-10H2,1H3,(H,29,30)(H,31,32). The largest absolute Gasteiger partial charge is 0.497 e. The maximum absolute atomic E-state index is 14.2. The predicted molar refractivity (Wildman–Crippen MR) is 126 cm³/mol. The fourth-order valence-electron chi connectivity index (χ4n) is 4.31. The highest BCUT2D eigenvalue weighted by molar-refractivity contribution is 5.96. The first kappa shape index (κ1) is 19.6. The van der Waals surface area contributed by atoms with Gasteiger partial charge < -0.3 is 15.0 Å². The Morgan fingerprint density at radius 3 is 2.79 bits per heavy atom. The zero-order valence-corrected chi connectivity index (χ0v) is 17.9. The van der Waals surface area contributed by atoms with Gasteiger partial charge in [-0.3, -0.25) is 5.10 Å². The molecule has 0 spiro atoms. The van der Waals surface area contributed by atoms with Gasteiger partial charge in [0.05, 0.1) is 29.4 Å². The van der Waals surface area contributed by atoms with Crippen molar-refractivity contribution < 1.29 is 9.13 Å². The first-order valence-corrected chi connectivity index (χ1v) is 10.8. The fourth-order valence-corrected chi connectivity index (χ4v) is 4.31. The molecule has 3 N–H and O–H groups in total. The minimum Gasteiger partial charge on any atom is -0.497 e. The molecule has 6 rings (SSSR count). The number of hydrogen-bond acceptors (Lipinski definition) is 5. The lowest BCUT2D eigenvalue weighted by Crippen LogP contribution is -2.20. The summed E-state index contributed by atoms with van der Waals surface area (Å²) in [5.41, 5.74) is 7.51. The minimum atomic E-state index is -0.362. The van der Waals surface area contributed by atoms with E-state index in [0.29, 0.717) is 22.8 Å². The SMILES string of the molecule is COc1cc(F)cc(-c2cccc3[nH]c(-c4n[nH]c5ccc(C6=CCNCC6)nc45)nc23)c1. The molecule has 0 saturated heterocycles. The Kier molecular flexibility index (Phi) is 4.66. The summed E-state index contributed by atoms with van der Waals surface area (Å²) in [7, 11) is 1.52. The van der Waals surface area contributed by atoms with Crippen molar-refractivity contribution in [3.05, 3.63) is 66.1 Å². The third kappa shape index (κ3) is 3.44. The Morgan fingerprint density at radius 2 is 1.94 bits per heavy atom. The highest BCUT2D eigenvalue weighted by atomic mass is 19.1. The summed E-state index contributed by atoms with van der Waals surface area (Å²) in [6.07, 6.45) is 3.12. The van der Waals surface area contributed by atoms with Crippen molar-refractivity contribution in [3.63, 3.8) is 0 Å². The van der Waals surface area contributed by atoms with E-state index < -0.39 is 0 Å². The molecule has 164 valence electrons. The van der Waals surface area contributed by atoms with E-state index in [9.17, 15) is 4.39 Å². The number of benzene rings is 2. The van der Waals surface area contributed by atoms with Gasteiger partial charge in [0.2, 0.25) is 0 Å². The molecule has 0 amide bonds. The topological polar surface area (TPSA) is 91.5 Å². The van der Waals surface area contributed by atoms with Crippen LogP contribution in [-0.2, 0) is 0 Å². The number of aromatic amines is 2. The molecular formula is C25H21FN6O. The number of hydrogen-bond donors (Lipinski definition) is 3. The number of H-pyrrole nitrogens is 2. The normalized spacial score (nSPS) is 14.1. The second kappa shape index (κ2) is 7.83. The Hall–Kier alpha value is -4.04. The molecule has 2 aromatic carbocycles. The highest BCUT2D eigenvalue weighted by Gasteiger charge is 2.18. The Balaban J connectivity index is 1.48. The maximum Gasteiger partial charge on any atom is 0.161 e. The van der Waals surface area contributed by atoms with Gasteiger partial charge in [-0.15, -0.1) is 0 Å². The number of ether oxygens (including phenoxy) is 1. The molecule has 1 aliphatic heterocycles. The number of nitrogens with one attached hydrogen (secondary N) is 3. The van der Waals surface area contributed by atoms with Crippen LogP contribution in [0.25, 0.3) is 50.3 Å². The van der Waals surface area contributed by atoms with Crippen molar-refractivity contribution in [1.82, 2.24) is 30.5 Å². The molecule has 0 fully saturated rings. The van der Waals surface area contributed by atoms with Gasteiger partial charge in [0.1, 0.15) is 17.1 Å². The van der Waals surface area contributed by atoms with Crippen LogP contribution in [0.15, 0.2) is 54.6 Å². The second-order valence-electron chi connectivity index (χ2n) is 8.02. The summed E-state index contributed by atoms with van der Waals surface area (Å²) < 4.78 is 19.4. The molecule has 3 aromatic heterocycles. The molecule has 0 unspecified atom stereocenters. The predicted octanol–water partition coefficient (Wildman–Crippen LogP) is 4.69. The number of nitrogens with zero attached hydrogens (tertiary/aromatic N) is 3. The number of fused-ring (bicyclic) bond motifs is 2. The van der Waals surface area contributed by atoms with E-state index >= 15 is 0 Å². The first-order chi connectivity index (χ1) is 16.2. The first-order valence-electron chi connectivity index (χ1n) is 10.8. The summed E-state index contributed by atoms with van der Waals surface area (Å²) >= 11 is 0. The summed E-state index contributed by atoms with van der Waals surface area (Å²) in [4.78, 5) is 13.1. The van der Waals surface area contributed by atoms with Crippen molar-refractivity contribution in [3.8, 4) is 28.4 Å². The monoisotopic (exact) mass is 440 g/mol. The van der Waals surface area contributed by atoms with E-state index in [-0.39, 0.29) is 5.82 Å². The number of halogens is 1. The molecule has 33 heavy (non-hydrogen) atoms. The number of pyridine rings is 1. The van der Waals surface area contributed by atoms with Gasteiger partial charge in [0, 0.05) is 18.2 Å². The zero-order chi connectivity index (χ0) is 22.4. The van der Waals surface area contributed by atoms with Gasteiger partial charge in [0.25, 0.3) is 0 Å². The molecule has 5 aromatic rings. The zero-order valence-electron chi connectivity index (χ0n) is 17.9. The van der Waals surface area contributed by atoms with Crippen LogP contribution in [0, 0.1) is 5.82 Å². The van der Waals surface area contributed by atoms with Crippen LogP contribution in [0.4, 0.5) is 4.39 Å². The third-order valence-corrected chi connectivity index (χ3v) is 5.96. The van der Waals surface area contributed by atoms with E-state index in [1.807, 2.05) is 30.3 Å². The van der Waals surface area contributed by atoms with Crippen LogP contribution in [0.1, 0.15) is 12.1 Å². The van der Waals surface area contributed by atoms with Crippen LogP contribution in [-0.4, -0.2) is 45.3 Å². The summed E-state index contributed by atoms with van der Waals surface area (Å²) in [6, 6.07) is 14.5. The minimum absolute atomic E-state index is 0.362. The van der Waals surface area contributed by atoms with E-state index in [2.05, 4.69) is 26.6 Å². The number of rotatable bonds is 4. The van der Waals surface area contributed by atoms with Gasteiger partial charge in [-0.1, -0.05) is 18.2 Å². The molecule has 7 nitrogen and oxygen atoms in total. The third-order valence-electron chi connectivity index (χ3n) is 5.96. The number of para-hydroxylation sites is 1. The van der Waals surface area contributed by atoms with Gasteiger partial charge >= 0.3 is 0 Å². The molecule has 0 saturated carbocycles. The van der Waals surface area contributed by atoms with Crippen molar-refractivity contribution in [2.45, 2.75) is 6.42 Å². The van der Waals surface area contributed by atoms with Gasteiger partial charge in [-0.05, 0) is 54.4 Å². The lowest BCUT2D eigenvalue weighted by Gasteiger charge is -2.13. The maximum atomic E-state index is 14.2. The fraction of sp³-hybridized carbons (Fsp3) is 0.160. The molecular weight excluding hydrogens is 419 g/mol. The van der Waals surface area contributed by atoms with Gasteiger partial charge in [0.15, 0.2) is 11.5 Å². The molecule has 1 aliphatic rings. The summed E-state index contributed by atoms with van der Waals surface area (Å²) in [5, 5.41) is 10.9. The van der Waals surface area contributed by atoms with Crippen LogP contribution in [0.5, 0.6) is 5.75 Å². The van der Waals surface area contributed by atoms with Crippen molar-refractivity contribution in [2.75, 3.05) is 20.2 Å². The van der Waals surface area contributed by atoms with Crippen molar-refractivity contribution in [2.24, 2.45) is 0 Å². The van der Waals surface area contributed by atoms with E-state index in [4.69, 9.17) is 14.7 Å². The molecule has 8 heteroatoms. The smallest absolute Gasteiger partial charge is 0.161 e. The Morgan fingerprint density at radius 1 is 1.00 bits per heavy atom. The van der Waals surface area contributed by atoms with Gasteiger partial charge in [-0.2, -0.15) is 5.10 Å². The number of aromatic nitrogens is 5. The van der Waals surface area contributed by atoms with Crippen LogP contribution in [0.2, 0.25) is 0 Å². The van der Waals surface area contributed by atoms with Crippen LogP contribution in [0.3, 0.4) is 0 Å². The number of imidazole rings is 1. The summed E-state index contributed by atoms with van der Waals surface area (Å²) in [6.45, 7) is 1.80. The second-order valence-corrected chi connectivity index (χ2v) is 8.02. The van der Waals surface area contributed by atoms with Crippen LogP contribution >= 0.6 is 0 Å². The van der Waals surface area contributed by atoms with E-state index in [1.165, 1.54) is 24.8 Å².